The zero-order valence-electron chi connectivity index (χ0n) is 11.9. The number of benzene rings is 1. The molecule has 0 unspecified atom stereocenters. The van der Waals surface area contributed by atoms with Crippen LogP contribution in [0.2, 0.25) is 0 Å². The van der Waals surface area contributed by atoms with Gasteiger partial charge in [-0.15, -0.1) is 0 Å². The highest BCUT2D eigenvalue weighted by molar-refractivity contribution is 5.96. The van der Waals surface area contributed by atoms with Crippen molar-refractivity contribution >= 4 is 22.6 Å². The van der Waals surface area contributed by atoms with Gasteiger partial charge in [-0.2, -0.15) is 5.10 Å². The van der Waals surface area contributed by atoms with E-state index in [1.807, 2.05) is 14.0 Å². The van der Waals surface area contributed by atoms with Crippen LogP contribution in [-0.2, 0) is 13.6 Å². The molecule has 1 aromatic carbocycles. The van der Waals surface area contributed by atoms with Crippen LogP contribution in [0.15, 0.2) is 34.9 Å². The molecule has 0 saturated heterocycles. The summed E-state index contributed by atoms with van der Waals surface area (Å²) in [5.74, 6) is 0.0187. The highest BCUT2D eigenvalue weighted by atomic mass is 16.3. The molecule has 2 heterocycles. The lowest BCUT2D eigenvalue weighted by molar-refractivity contribution is 0.0925. The lowest BCUT2D eigenvalue weighted by Crippen LogP contribution is -2.22. The number of anilines is 1. The summed E-state index contributed by atoms with van der Waals surface area (Å²) in [5, 5.41) is 7.78. The lowest BCUT2D eigenvalue weighted by Gasteiger charge is -2.02. The van der Waals surface area contributed by atoms with Crippen molar-refractivity contribution in [3.05, 3.63) is 47.5 Å². The van der Waals surface area contributed by atoms with Crippen LogP contribution in [0.5, 0.6) is 0 Å². The number of aryl methyl sites for hydroxylation is 1. The van der Waals surface area contributed by atoms with Gasteiger partial charge < -0.3 is 15.5 Å². The Morgan fingerprint density at radius 2 is 2.24 bits per heavy atom. The quantitative estimate of drug-likeness (QED) is 0.720. The smallest absolute Gasteiger partial charge is 0.287 e. The molecule has 0 fully saturated rings. The van der Waals surface area contributed by atoms with Gasteiger partial charge in [0.2, 0.25) is 0 Å². The van der Waals surface area contributed by atoms with E-state index in [1.165, 1.54) is 0 Å². The molecular formula is C15H16N4O2. The summed E-state index contributed by atoms with van der Waals surface area (Å²) in [6, 6.07) is 6.97. The first-order chi connectivity index (χ1) is 10.0. The Kier molecular flexibility index (Phi) is 3.13. The number of carbonyl (C=O) groups excluding carboxylic acids is 1. The Labute approximate surface area is 121 Å². The fourth-order valence-corrected chi connectivity index (χ4v) is 2.15. The number of nitrogen functional groups attached to an aromatic ring is 1. The SMILES string of the molecule is Cc1c(CNC(=O)c2cc3cc(N)ccc3o2)cnn1C. The number of furan rings is 1. The average Bonchev–Trinajstić information content (AvgIpc) is 3.01. The van der Waals surface area contributed by atoms with Crippen molar-refractivity contribution in [2.24, 2.45) is 7.05 Å². The molecule has 0 atom stereocenters. The van der Waals surface area contributed by atoms with E-state index in [4.69, 9.17) is 10.2 Å². The molecule has 0 aliphatic carbocycles. The molecule has 0 radical (unpaired) electrons. The van der Waals surface area contributed by atoms with Crippen LogP contribution in [-0.4, -0.2) is 15.7 Å². The summed E-state index contributed by atoms with van der Waals surface area (Å²) in [5.41, 5.74) is 9.00. The van der Waals surface area contributed by atoms with Crippen molar-refractivity contribution in [1.82, 2.24) is 15.1 Å². The molecule has 0 aliphatic rings. The Hall–Kier alpha value is -2.76. The van der Waals surface area contributed by atoms with Crippen molar-refractivity contribution in [1.29, 1.82) is 0 Å². The number of hydrogen-bond acceptors (Lipinski definition) is 4. The number of nitrogens with zero attached hydrogens (tertiary/aromatic N) is 2. The summed E-state index contributed by atoms with van der Waals surface area (Å²) in [6.07, 6.45) is 1.74. The van der Waals surface area contributed by atoms with Crippen molar-refractivity contribution in [2.45, 2.75) is 13.5 Å². The third-order valence-electron chi connectivity index (χ3n) is 3.54. The number of rotatable bonds is 3. The maximum Gasteiger partial charge on any atom is 0.287 e. The predicted molar refractivity (Wildman–Crippen MR) is 79.7 cm³/mol. The minimum atomic E-state index is -0.256. The van der Waals surface area contributed by atoms with E-state index in [2.05, 4.69) is 10.4 Å². The summed E-state index contributed by atoms with van der Waals surface area (Å²) in [6.45, 7) is 2.37. The van der Waals surface area contributed by atoms with Crippen LogP contribution in [0, 0.1) is 6.92 Å². The first-order valence-electron chi connectivity index (χ1n) is 6.59. The first kappa shape index (κ1) is 13.2. The Morgan fingerprint density at radius 3 is 2.95 bits per heavy atom. The largest absolute Gasteiger partial charge is 0.451 e. The lowest BCUT2D eigenvalue weighted by atomic mass is 10.2. The molecular weight excluding hydrogens is 268 g/mol. The summed E-state index contributed by atoms with van der Waals surface area (Å²) >= 11 is 0. The summed E-state index contributed by atoms with van der Waals surface area (Å²) in [4.78, 5) is 12.1. The van der Waals surface area contributed by atoms with Crippen LogP contribution in [0.1, 0.15) is 21.8 Å². The normalized spacial score (nSPS) is 11.0. The van der Waals surface area contributed by atoms with Gasteiger partial charge in [-0.3, -0.25) is 9.48 Å². The minimum Gasteiger partial charge on any atom is -0.451 e. The molecule has 3 aromatic rings. The topological polar surface area (TPSA) is 86.1 Å². The van der Waals surface area contributed by atoms with E-state index in [-0.39, 0.29) is 11.7 Å². The highest BCUT2D eigenvalue weighted by Gasteiger charge is 2.13. The van der Waals surface area contributed by atoms with E-state index in [1.54, 1.807) is 35.1 Å². The van der Waals surface area contributed by atoms with Crippen LogP contribution < -0.4 is 11.1 Å². The molecule has 0 saturated carbocycles. The molecule has 0 spiro atoms. The molecule has 0 bridgehead atoms. The van der Waals surface area contributed by atoms with E-state index in [0.717, 1.165) is 16.6 Å². The van der Waals surface area contributed by atoms with Crippen molar-refractivity contribution in [3.63, 3.8) is 0 Å². The maximum absolute atomic E-state index is 12.1. The zero-order chi connectivity index (χ0) is 15.0. The van der Waals surface area contributed by atoms with Crippen LogP contribution in [0.3, 0.4) is 0 Å². The summed E-state index contributed by atoms with van der Waals surface area (Å²) in [7, 11) is 1.87. The first-order valence-corrected chi connectivity index (χ1v) is 6.59. The second kappa shape index (κ2) is 4.97. The number of fused-ring (bicyclic) bond motifs is 1. The zero-order valence-corrected chi connectivity index (χ0v) is 11.9. The highest BCUT2D eigenvalue weighted by Crippen LogP contribution is 2.21. The number of carbonyl (C=O) groups is 1. The Morgan fingerprint density at radius 1 is 1.43 bits per heavy atom. The average molecular weight is 284 g/mol. The van der Waals surface area contributed by atoms with Gasteiger partial charge in [-0.25, -0.2) is 0 Å². The monoisotopic (exact) mass is 284 g/mol. The molecule has 3 N–H and O–H groups in total. The molecule has 3 rings (SSSR count). The van der Waals surface area contributed by atoms with Crippen LogP contribution in [0.4, 0.5) is 5.69 Å². The van der Waals surface area contributed by atoms with E-state index in [9.17, 15) is 4.79 Å². The van der Waals surface area contributed by atoms with E-state index in [0.29, 0.717) is 17.8 Å². The van der Waals surface area contributed by atoms with Crippen molar-refractivity contribution in [3.8, 4) is 0 Å². The molecule has 21 heavy (non-hydrogen) atoms. The second-order valence-electron chi connectivity index (χ2n) is 4.97. The second-order valence-corrected chi connectivity index (χ2v) is 4.97. The van der Waals surface area contributed by atoms with Crippen molar-refractivity contribution in [2.75, 3.05) is 5.73 Å². The number of nitrogens with two attached hydrogens (primary N) is 1. The number of nitrogens with one attached hydrogen (secondary N) is 1. The minimum absolute atomic E-state index is 0.256. The van der Waals surface area contributed by atoms with Crippen molar-refractivity contribution < 1.29 is 9.21 Å². The fourth-order valence-electron chi connectivity index (χ4n) is 2.15. The Bertz CT molecular complexity index is 816. The third kappa shape index (κ3) is 2.47. The van der Waals surface area contributed by atoms with Crippen LogP contribution in [0.25, 0.3) is 11.0 Å². The Balaban J connectivity index is 1.76. The third-order valence-corrected chi connectivity index (χ3v) is 3.54. The van der Waals surface area contributed by atoms with Gasteiger partial charge in [0, 0.05) is 35.9 Å². The van der Waals surface area contributed by atoms with E-state index < -0.39 is 0 Å². The van der Waals surface area contributed by atoms with Crippen LogP contribution >= 0.6 is 0 Å². The van der Waals surface area contributed by atoms with Gasteiger partial charge >= 0.3 is 0 Å². The van der Waals surface area contributed by atoms with Gasteiger partial charge in [0.05, 0.1) is 6.20 Å². The van der Waals surface area contributed by atoms with Gasteiger partial charge in [0.1, 0.15) is 5.58 Å². The van der Waals surface area contributed by atoms with Gasteiger partial charge in [-0.05, 0) is 31.2 Å². The van der Waals surface area contributed by atoms with Gasteiger partial charge in [0.15, 0.2) is 5.76 Å². The van der Waals surface area contributed by atoms with Gasteiger partial charge in [-0.1, -0.05) is 0 Å². The molecule has 6 heteroatoms. The van der Waals surface area contributed by atoms with Gasteiger partial charge in [0.25, 0.3) is 5.91 Å². The molecule has 108 valence electrons. The molecule has 1 amide bonds. The van der Waals surface area contributed by atoms with E-state index >= 15 is 0 Å². The molecule has 6 nitrogen and oxygen atoms in total. The standard InChI is InChI=1S/C15H16N4O2/c1-9-11(8-18-19(9)2)7-17-15(20)14-6-10-5-12(16)3-4-13(10)21-14/h3-6,8H,7,16H2,1-2H3,(H,17,20). The number of hydrogen-bond donors (Lipinski definition) is 2. The molecule has 2 aromatic heterocycles. The fraction of sp³-hybridized carbons (Fsp3) is 0.200. The predicted octanol–water partition coefficient (Wildman–Crippen LogP) is 1.99. The summed E-state index contributed by atoms with van der Waals surface area (Å²) < 4.78 is 7.29. The molecule has 0 aliphatic heterocycles. The number of amides is 1. The number of aromatic nitrogens is 2. The maximum atomic E-state index is 12.1.